The quantitative estimate of drug-likeness (QED) is 0.536. The first-order valence-corrected chi connectivity index (χ1v) is 11.8. The molecule has 1 heterocycles. The molecular weight excluding hydrogens is 418 g/mol. The smallest absolute Gasteiger partial charge is 0.251 e. The summed E-state index contributed by atoms with van der Waals surface area (Å²) in [5.74, 6) is 1.96. The second kappa shape index (κ2) is 10.7. The highest BCUT2D eigenvalue weighted by Crippen LogP contribution is 2.39. The van der Waals surface area contributed by atoms with Crippen molar-refractivity contribution < 1.29 is 19.1 Å². The molecule has 1 fully saturated rings. The number of carbonyl (C=O) groups is 2. The first-order valence-electron chi connectivity index (χ1n) is 11.8. The lowest BCUT2D eigenvalue weighted by molar-refractivity contribution is -0.118. The average molecular weight is 452 g/mol. The van der Waals surface area contributed by atoms with Crippen molar-refractivity contribution in [2.24, 2.45) is 0 Å². The lowest BCUT2D eigenvalue weighted by atomic mass is 9.96. The molecule has 0 radical (unpaired) electrons. The Hall–Kier alpha value is -3.06. The number of para-hydroxylation sites is 1. The highest BCUT2D eigenvalue weighted by Gasteiger charge is 2.28. The SMILES string of the molecule is CC(=O)NCCNC(=O)c1ccc([C@@H]2CC[C@H](N[C@H](C)c3cccc4c3OCCO4)C2)cc1. The van der Waals surface area contributed by atoms with Crippen LogP contribution in [0.4, 0.5) is 0 Å². The summed E-state index contributed by atoms with van der Waals surface area (Å²) in [5, 5.41) is 9.28. The Balaban J connectivity index is 1.29. The van der Waals surface area contributed by atoms with Gasteiger partial charge in [-0.3, -0.25) is 9.59 Å². The van der Waals surface area contributed by atoms with Crippen molar-refractivity contribution in [1.29, 1.82) is 0 Å². The van der Waals surface area contributed by atoms with Gasteiger partial charge < -0.3 is 25.4 Å². The molecule has 0 bridgehead atoms. The van der Waals surface area contributed by atoms with Crippen molar-refractivity contribution in [3.8, 4) is 11.5 Å². The molecule has 33 heavy (non-hydrogen) atoms. The minimum absolute atomic E-state index is 0.0992. The van der Waals surface area contributed by atoms with Crippen LogP contribution in [-0.2, 0) is 4.79 Å². The van der Waals surface area contributed by atoms with Crippen LogP contribution >= 0.6 is 0 Å². The Labute approximate surface area is 195 Å². The average Bonchev–Trinajstić information content (AvgIpc) is 3.29. The summed E-state index contributed by atoms with van der Waals surface area (Å²) in [5.41, 5.74) is 3.05. The third kappa shape index (κ3) is 5.85. The van der Waals surface area contributed by atoms with Crippen molar-refractivity contribution in [2.45, 2.75) is 51.1 Å². The minimum Gasteiger partial charge on any atom is -0.486 e. The maximum Gasteiger partial charge on any atom is 0.251 e. The summed E-state index contributed by atoms with van der Waals surface area (Å²) in [4.78, 5) is 23.2. The standard InChI is InChI=1S/C26H33N3O4/c1-17(23-4-3-5-24-25(23)33-15-14-32-24)29-22-11-10-21(16-22)19-6-8-20(9-7-19)26(31)28-13-12-27-18(2)30/h3-9,17,21-22,29H,10-16H2,1-2H3,(H,27,30)(H,28,31)/t17-,21-,22+/m1/s1. The summed E-state index contributed by atoms with van der Waals surface area (Å²) in [6, 6.07) is 14.6. The zero-order valence-corrected chi connectivity index (χ0v) is 19.4. The summed E-state index contributed by atoms with van der Waals surface area (Å²) in [6.07, 6.45) is 3.31. The first-order chi connectivity index (χ1) is 16.0. The fourth-order valence-electron chi connectivity index (χ4n) is 4.74. The number of benzene rings is 2. The van der Waals surface area contributed by atoms with Gasteiger partial charge >= 0.3 is 0 Å². The Morgan fingerprint density at radius 3 is 2.55 bits per heavy atom. The van der Waals surface area contributed by atoms with E-state index in [-0.39, 0.29) is 17.9 Å². The molecule has 4 rings (SSSR count). The molecule has 0 aromatic heterocycles. The van der Waals surface area contributed by atoms with Gasteiger partial charge in [-0.05, 0) is 55.9 Å². The third-order valence-corrected chi connectivity index (χ3v) is 6.41. The van der Waals surface area contributed by atoms with E-state index in [1.165, 1.54) is 12.5 Å². The van der Waals surface area contributed by atoms with Gasteiger partial charge in [0, 0.05) is 43.2 Å². The second-order valence-corrected chi connectivity index (χ2v) is 8.83. The lowest BCUT2D eigenvalue weighted by Gasteiger charge is -2.26. The van der Waals surface area contributed by atoms with Crippen LogP contribution < -0.4 is 25.4 Å². The molecule has 1 saturated carbocycles. The van der Waals surface area contributed by atoms with Crippen LogP contribution in [0.2, 0.25) is 0 Å². The number of carbonyl (C=O) groups excluding carboxylic acids is 2. The number of amides is 2. The van der Waals surface area contributed by atoms with Gasteiger partial charge in [-0.2, -0.15) is 0 Å². The number of hydrogen-bond acceptors (Lipinski definition) is 5. The third-order valence-electron chi connectivity index (χ3n) is 6.41. The van der Waals surface area contributed by atoms with Crippen molar-refractivity contribution in [3.63, 3.8) is 0 Å². The molecule has 2 aromatic rings. The van der Waals surface area contributed by atoms with Gasteiger partial charge in [0.1, 0.15) is 13.2 Å². The van der Waals surface area contributed by atoms with Crippen molar-refractivity contribution in [3.05, 3.63) is 59.2 Å². The van der Waals surface area contributed by atoms with Gasteiger partial charge in [0.05, 0.1) is 0 Å². The van der Waals surface area contributed by atoms with Gasteiger partial charge in [0.15, 0.2) is 11.5 Å². The lowest BCUT2D eigenvalue weighted by Crippen LogP contribution is -2.33. The normalized spacial score (nSPS) is 20.2. The fourth-order valence-corrected chi connectivity index (χ4v) is 4.74. The zero-order valence-electron chi connectivity index (χ0n) is 19.4. The monoisotopic (exact) mass is 451 g/mol. The van der Waals surface area contributed by atoms with Crippen LogP contribution in [-0.4, -0.2) is 44.2 Å². The first kappa shape index (κ1) is 23.1. The van der Waals surface area contributed by atoms with E-state index in [2.05, 4.69) is 41.1 Å². The Kier molecular flexibility index (Phi) is 7.50. The zero-order chi connectivity index (χ0) is 23.2. The Morgan fingerprint density at radius 2 is 1.76 bits per heavy atom. The highest BCUT2D eigenvalue weighted by molar-refractivity contribution is 5.94. The van der Waals surface area contributed by atoms with Crippen LogP contribution in [0.15, 0.2) is 42.5 Å². The van der Waals surface area contributed by atoms with E-state index in [9.17, 15) is 9.59 Å². The Bertz CT molecular complexity index is 976. The molecule has 2 amide bonds. The topological polar surface area (TPSA) is 88.7 Å². The molecule has 176 valence electrons. The van der Waals surface area contributed by atoms with Crippen LogP contribution in [0, 0.1) is 0 Å². The van der Waals surface area contributed by atoms with Crippen LogP contribution in [0.25, 0.3) is 0 Å². The maximum absolute atomic E-state index is 12.3. The van der Waals surface area contributed by atoms with Gasteiger partial charge in [-0.1, -0.05) is 24.3 Å². The van der Waals surface area contributed by atoms with E-state index >= 15 is 0 Å². The van der Waals surface area contributed by atoms with Gasteiger partial charge in [-0.15, -0.1) is 0 Å². The number of ether oxygens (including phenoxy) is 2. The second-order valence-electron chi connectivity index (χ2n) is 8.83. The van der Waals surface area contributed by atoms with Gasteiger partial charge in [0.2, 0.25) is 5.91 Å². The minimum atomic E-state index is -0.121. The van der Waals surface area contributed by atoms with E-state index in [1.54, 1.807) is 0 Å². The summed E-state index contributed by atoms with van der Waals surface area (Å²) in [7, 11) is 0. The number of fused-ring (bicyclic) bond motifs is 1. The van der Waals surface area contributed by atoms with E-state index in [0.717, 1.165) is 36.3 Å². The summed E-state index contributed by atoms with van der Waals surface area (Å²) < 4.78 is 11.6. The van der Waals surface area contributed by atoms with Crippen molar-refractivity contribution >= 4 is 11.8 Å². The number of rotatable bonds is 8. The van der Waals surface area contributed by atoms with E-state index < -0.39 is 0 Å². The molecular formula is C26H33N3O4. The van der Waals surface area contributed by atoms with Crippen molar-refractivity contribution in [2.75, 3.05) is 26.3 Å². The predicted octanol–water partition coefficient (Wildman–Crippen LogP) is 3.31. The maximum atomic E-state index is 12.3. The Morgan fingerprint density at radius 1 is 1.00 bits per heavy atom. The van der Waals surface area contributed by atoms with Crippen molar-refractivity contribution in [1.82, 2.24) is 16.0 Å². The molecule has 0 saturated heterocycles. The molecule has 1 aliphatic heterocycles. The summed E-state index contributed by atoms with van der Waals surface area (Å²) >= 11 is 0. The number of hydrogen-bond donors (Lipinski definition) is 3. The van der Waals surface area contributed by atoms with Gasteiger partial charge in [0.25, 0.3) is 5.91 Å². The van der Waals surface area contributed by atoms with Crippen LogP contribution in [0.3, 0.4) is 0 Å². The molecule has 2 aromatic carbocycles. The van der Waals surface area contributed by atoms with Crippen LogP contribution in [0.5, 0.6) is 11.5 Å². The molecule has 0 spiro atoms. The predicted molar refractivity (Wildman–Crippen MR) is 127 cm³/mol. The largest absolute Gasteiger partial charge is 0.486 e. The molecule has 1 aliphatic carbocycles. The molecule has 3 atom stereocenters. The molecule has 7 nitrogen and oxygen atoms in total. The van der Waals surface area contributed by atoms with Crippen LogP contribution in [0.1, 0.15) is 66.6 Å². The van der Waals surface area contributed by atoms with Gasteiger partial charge in [-0.25, -0.2) is 0 Å². The molecule has 2 aliphatic rings. The molecule has 7 heteroatoms. The highest BCUT2D eigenvalue weighted by atomic mass is 16.6. The van der Waals surface area contributed by atoms with E-state index in [1.807, 2.05) is 24.3 Å². The fraction of sp³-hybridized carbons (Fsp3) is 0.462. The number of nitrogens with one attached hydrogen (secondary N) is 3. The van der Waals surface area contributed by atoms with E-state index in [4.69, 9.17) is 9.47 Å². The molecule has 3 N–H and O–H groups in total. The van der Waals surface area contributed by atoms with E-state index in [0.29, 0.717) is 43.8 Å². The summed E-state index contributed by atoms with van der Waals surface area (Å²) in [6.45, 7) is 5.67. The molecule has 0 unspecified atom stereocenters.